The monoisotopic (exact) mass is 421 g/mol. The summed E-state index contributed by atoms with van der Waals surface area (Å²) in [6.07, 6.45) is 0. The van der Waals surface area contributed by atoms with Crippen molar-refractivity contribution in [3.05, 3.63) is 39.8 Å². The fraction of sp³-hybridized carbons (Fsp3) is 0.350. The first-order valence-electron chi connectivity index (χ1n) is 8.88. The molecule has 1 N–H and O–H groups in total. The average Bonchev–Trinajstić information content (AvgIpc) is 3.03. The van der Waals surface area contributed by atoms with Gasteiger partial charge in [0.1, 0.15) is 21.4 Å². The van der Waals surface area contributed by atoms with E-state index >= 15 is 0 Å². The first-order chi connectivity index (χ1) is 13.9. The Labute approximate surface area is 172 Å². The number of nitrogens with one attached hydrogen (secondary N) is 1. The number of esters is 2. The largest absolute Gasteiger partial charge is 0.497 e. The van der Waals surface area contributed by atoms with Gasteiger partial charge in [0.15, 0.2) is 0 Å². The first kappa shape index (κ1) is 22.2. The third-order valence-electron chi connectivity index (χ3n) is 3.93. The van der Waals surface area contributed by atoms with Crippen molar-refractivity contribution in [3.8, 4) is 11.5 Å². The molecule has 0 saturated heterocycles. The Balaban J connectivity index is 2.45. The summed E-state index contributed by atoms with van der Waals surface area (Å²) in [6, 6.07) is 4.71. The lowest BCUT2D eigenvalue weighted by Crippen LogP contribution is -2.15. The Morgan fingerprint density at radius 3 is 2.00 bits per heavy atom. The smallest absolute Gasteiger partial charge is 0.348 e. The number of hydrogen-bond acceptors (Lipinski definition) is 8. The lowest BCUT2D eigenvalue weighted by Gasteiger charge is -2.10. The molecule has 2 aromatic rings. The van der Waals surface area contributed by atoms with Gasteiger partial charge >= 0.3 is 11.9 Å². The lowest BCUT2D eigenvalue weighted by atomic mass is 10.1. The van der Waals surface area contributed by atoms with Crippen molar-refractivity contribution in [1.82, 2.24) is 0 Å². The quantitative estimate of drug-likeness (QED) is 0.649. The molecule has 0 atom stereocenters. The van der Waals surface area contributed by atoms with E-state index in [0.29, 0.717) is 17.1 Å². The highest BCUT2D eigenvalue weighted by molar-refractivity contribution is 7.18. The molecule has 1 aromatic carbocycles. The summed E-state index contributed by atoms with van der Waals surface area (Å²) in [7, 11) is 2.95. The third-order valence-corrected chi connectivity index (χ3v) is 5.12. The summed E-state index contributed by atoms with van der Waals surface area (Å²) < 4.78 is 20.5. The number of anilines is 1. The fourth-order valence-electron chi connectivity index (χ4n) is 2.56. The minimum Gasteiger partial charge on any atom is -0.497 e. The third kappa shape index (κ3) is 5.05. The van der Waals surface area contributed by atoms with Crippen LogP contribution in [0.15, 0.2) is 18.2 Å². The number of methoxy groups -OCH3 is 2. The number of carbonyl (C=O) groups is 3. The van der Waals surface area contributed by atoms with Gasteiger partial charge in [-0.1, -0.05) is 0 Å². The predicted octanol–water partition coefficient (Wildman–Crippen LogP) is 3.68. The SMILES string of the molecule is CCOC(=O)c1sc(NC(=O)c2cc(OC)cc(OC)c2)c(C(=O)OCC)c1C. The van der Waals surface area contributed by atoms with Crippen LogP contribution in [0.25, 0.3) is 0 Å². The fourth-order valence-corrected chi connectivity index (χ4v) is 3.64. The van der Waals surface area contributed by atoms with Gasteiger partial charge in [0.05, 0.1) is 33.0 Å². The van der Waals surface area contributed by atoms with E-state index in [2.05, 4.69) is 5.32 Å². The molecule has 0 bridgehead atoms. The van der Waals surface area contributed by atoms with Crippen molar-refractivity contribution in [2.24, 2.45) is 0 Å². The van der Waals surface area contributed by atoms with Gasteiger partial charge in [0.25, 0.3) is 5.91 Å². The number of ether oxygens (including phenoxy) is 4. The van der Waals surface area contributed by atoms with Crippen LogP contribution in [0.1, 0.15) is 49.8 Å². The predicted molar refractivity (Wildman–Crippen MR) is 108 cm³/mol. The topological polar surface area (TPSA) is 100 Å². The molecule has 0 aliphatic heterocycles. The molecule has 0 fully saturated rings. The highest BCUT2D eigenvalue weighted by atomic mass is 32.1. The van der Waals surface area contributed by atoms with Crippen LogP contribution in [0, 0.1) is 6.92 Å². The summed E-state index contributed by atoms with van der Waals surface area (Å²) in [5.41, 5.74) is 0.785. The van der Waals surface area contributed by atoms with E-state index in [0.717, 1.165) is 11.3 Å². The molecule has 0 radical (unpaired) electrons. The molecule has 1 aromatic heterocycles. The van der Waals surface area contributed by atoms with Gasteiger partial charge in [0, 0.05) is 11.6 Å². The normalized spacial score (nSPS) is 10.2. The summed E-state index contributed by atoms with van der Waals surface area (Å²) >= 11 is 0.961. The zero-order chi connectivity index (χ0) is 21.6. The van der Waals surface area contributed by atoms with Gasteiger partial charge in [0.2, 0.25) is 0 Å². The van der Waals surface area contributed by atoms with Crippen molar-refractivity contribution < 1.29 is 33.3 Å². The van der Waals surface area contributed by atoms with Crippen LogP contribution in [0.3, 0.4) is 0 Å². The number of carbonyl (C=O) groups excluding carboxylic acids is 3. The Bertz CT molecular complexity index is 898. The number of thiophene rings is 1. The number of rotatable bonds is 8. The van der Waals surface area contributed by atoms with Crippen molar-refractivity contribution in [2.45, 2.75) is 20.8 Å². The van der Waals surface area contributed by atoms with E-state index in [9.17, 15) is 14.4 Å². The van der Waals surface area contributed by atoms with Crippen LogP contribution in [0.5, 0.6) is 11.5 Å². The molecule has 0 aliphatic rings. The molecule has 9 heteroatoms. The van der Waals surface area contributed by atoms with Crippen LogP contribution in [-0.2, 0) is 9.47 Å². The number of amides is 1. The van der Waals surface area contributed by atoms with Crippen molar-refractivity contribution >= 4 is 34.2 Å². The van der Waals surface area contributed by atoms with Gasteiger partial charge in [-0.2, -0.15) is 0 Å². The van der Waals surface area contributed by atoms with Crippen LogP contribution >= 0.6 is 11.3 Å². The maximum absolute atomic E-state index is 12.8. The minimum absolute atomic E-state index is 0.128. The zero-order valence-electron chi connectivity index (χ0n) is 16.9. The van der Waals surface area contributed by atoms with Crippen LogP contribution in [-0.4, -0.2) is 45.3 Å². The summed E-state index contributed by atoms with van der Waals surface area (Å²) in [6.45, 7) is 5.32. The summed E-state index contributed by atoms with van der Waals surface area (Å²) in [5, 5.41) is 2.89. The maximum atomic E-state index is 12.8. The Kier molecular flexibility index (Phi) is 7.60. The molecule has 8 nitrogen and oxygen atoms in total. The molecule has 1 heterocycles. The Morgan fingerprint density at radius 2 is 1.48 bits per heavy atom. The number of benzene rings is 1. The molecule has 0 saturated carbocycles. The van der Waals surface area contributed by atoms with Gasteiger partial charge in [-0.05, 0) is 38.5 Å². The van der Waals surface area contributed by atoms with E-state index in [1.807, 2.05) is 0 Å². The van der Waals surface area contributed by atoms with E-state index in [4.69, 9.17) is 18.9 Å². The van der Waals surface area contributed by atoms with E-state index in [1.165, 1.54) is 26.4 Å². The summed E-state index contributed by atoms with van der Waals surface area (Å²) in [4.78, 5) is 37.7. The first-order valence-corrected chi connectivity index (χ1v) is 9.69. The molecule has 1 amide bonds. The van der Waals surface area contributed by atoms with Gasteiger partial charge in [-0.15, -0.1) is 11.3 Å². The van der Waals surface area contributed by atoms with Gasteiger partial charge < -0.3 is 24.3 Å². The van der Waals surface area contributed by atoms with Crippen LogP contribution in [0.2, 0.25) is 0 Å². The molecule has 0 aliphatic carbocycles. The molecule has 0 unspecified atom stereocenters. The molecular formula is C20H23NO7S. The second-order valence-electron chi connectivity index (χ2n) is 5.76. The van der Waals surface area contributed by atoms with Gasteiger partial charge in [-0.3, -0.25) is 4.79 Å². The maximum Gasteiger partial charge on any atom is 0.348 e. The lowest BCUT2D eigenvalue weighted by molar-refractivity contribution is 0.0527. The van der Waals surface area contributed by atoms with E-state index in [1.54, 1.807) is 26.8 Å². The average molecular weight is 421 g/mol. The molecule has 156 valence electrons. The minimum atomic E-state index is -0.629. The summed E-state index contributed by atoms with van der Waals surface area (Å²) in [5.74, 6) is -0.812. The zero-order valence-corrected chi connectivity index (χ0v) is 17.7. The molecule has 29 heavy (non-hydrogen) atoms. The standard InChI is InChI=1S/C20H23NO7S/c1-6-27-19(23)15-11(3)16(20(24)28-7-2)29-18(15)21-17(22)12-8-13(25-4)10-14(9-12)26-5/h8-10H,6-7H2,1-5H3,(H,21,22). The Hall–Kier alpha value is -3.07. The van der Waals surface area contributed by atoms with E-state index in [-0.39, 0.29) is 34.2 Å². The van der Waals surface area contributed by atoms with Crippen LogP contribution < -0.4 is 14.8 Å². The Morgan fingerprint density at radius 1 is 0.931 bits per heavy atom. The number of hydrogen-bond donors (Lipinski definition) is 1. The molecule has 2 rings (SSSR count). The van der Waals surface area contributed by atoms with E-state index < -0.39 is 17.8 Å². The van der Waals surface area contributed by atoms with Crippen molar-refractivity contribution in [3.63, 3.8) is 0 Å². The van der Waals surface area contributed by atoms with Crippen molar-refractivity contribution in [2.75, 3.05) is 32.8 Å². The molecular weight excluding hydrogens is 398 g/mol. The molecule has 0 spiro atoms. The van der Waals surface area contributed by atoms with Gasteiger partial charge in [-0.25, -0.2) is 9.59 Å². The second-order valence-corrected chi connectivity index (χ2v) is 6.78. The van der Waals surface area contributed by atoms with Crippen LogP contribution in [0.4, 0.5) is 5.00 Å². The second kappa shape index (κ2) is 9.92. The highest BCUT2D eigenvalue weighted by Crippen LogP contribution is 2.35. The highest BCUT2D eigenvalue weighted by Gasteiger charge is 2.27. The van der Waals surface area contributed by atoms with Crippen molar-refractivity contribution in [1.29, 1.82) is 0 Å².